The molecule has 0 unspecified atom stereocenters. The van der Waals surface area contributed by atoms with Crippen molar-refractivity contribution in [2.45, 2.75) is 0 Å². The largest absolute Gasteiger partial charge is 0.345 e. The van der Waals surface area contributed by atoms with Crippen molar-refractivity contribution in [1.82, 2.24) is 4.57 Å². The number of hydrogen-bond donors (Lipinski definition) is 0. The number of anilines is 2. The number of rotatable bonds is 6. The topological polar surface area (TPSA) is 8.17 Å². The van der Waals surface area contributed by atoms with Gasteiger partial charge >= 0.3 is 0 Å². The summed E-state index contributed by atoms with van der Waals surface area (Å²) in [7, 11) is 2.11. The Morgan fingerprint density at radius 2 is 0.980 bits per heavy atom. The Morgan fingerprint density at radius 1 is 0.408 bits per heavy atom. The quantitative estimate of drug-likeness (QED) is 0.178. The van der Waals surface area contributed by atoms with Crippen molar-refractivity contribution in [3.05, 3.63) is 188 Å². The van der Waals surface area contributed by atoms with Gasteiger partial charge in [-0.2, -0.15) is 0 Å². The average Bonchev–Trinajstić information content (AvgIpc) is 3.54. The van der Waals surface area contributed by atoms with Crippen molar-refractivity contribution in [1.29, 1.82) is 0 Å². The second-order valence-corrected chi connectivity index (χ2v) is 12.7. The van der Waals surface area contributed by atoms with E-state index in [0.717, 1.165) is 11.4 Å². The molecular weight excluding hydrogens is 593 g/mol. The molecule has 0 saturated carbocycles. The van der Waals surface area contributed by atoms with Gasteiger partial charge in [-0.25, -0.2) is 0 Å². The van der Waals surface area contributed by atoms with E-state index in [0.29, 0.717) is 0 Å². The highest BCUT2D eigenvalue weighted by Gasteiger charge is 2.19. The Kier molecular flexibility index (Phi) is 7.06. The van der Waals surface area contributed by atoms with E-state index < -0.39 is 0 Å². The molecule has 9 rings (SSSR count). The highest BCUT2D eigenvalue weighted by atomic mass is 15.1. The Bertz CT molecular complexity index is 2580. The minimum atomic E-state index is 1.15. The van der Waals surface area contributed by atoms with E-state index in [2.05, 4.69) is 205 Å². The summed E-state index contributed by atoms with van der Waals surface area (Å²) in [5.41, 5.74) is 13.2. The van der Waals surface area contributed by atoms with E-state index in [4.69, 9.17) is 0 Å². The number of fused-ring (bicyclic) bond motifs is 5. The van der Waals surface area contributed by atoms with Crippen LogP contribution in [-0.2, 0) is 0 Å². The molecule has 0 bridgehead atoms. The van der Waals surface area contributed by atoms with Crippen LogP contribution in [0.15, 0.2) is 188 Å². The van der Waals surface area contributed by atoms with Crippen LogP contribution >= 0.6 is 0 Å². The molecule has 9 aromatic rings. The van der Waals surface area contributed by atoms with Gasteiger partial charge in [-0.05, 0) is 81.1 Å². The number of aromatic nitrogens is 1. The van der Waals surface area contributed by atoms with Gasteiger partial charge in [-0.1, -0.05) is 146 Å². The molecule has 0 atom stereocenters. The van der Waals surface area contributed by atoms with Gasteiger partial charge < -0.3 is 9.47 Å². The molecule has 2 nitrogen and oxygen atoms in total. The standard InChI is InChI=1S/C47H34N2/c1-48(39-16-6-3-7-17-39)40-29-26-35(27-30-40)34-22-24-37(25-23-34)43-20-11-21-44-46-42-19-9-8-14-36(42)28-31-45(46)49(47(43)44)41-18-10-15-38(32-41)33-12-4-2-5-13-33/h2-32H,1H3. The van der Waals surface area contributed by atoms with E-state index in [1.165, 1.54) is 71.6 Å². The molecule has 1 aromatic heterocycles. The van der Waals surface area contributed by atoms with Crippen molar-refractivity contribution in [3.8, 4) is 39.1 Å². The van der Waals surface area contributed by atoms with Crippen LogP contribution in [0.25, 0.3) is 71.6 Å². The summed E-state index contributed by atoms with van der Waals surface area (Å²) in [4.78, 5) is 2.21. The summed E-state index contributed by atoms with van der Waals surface area (Å²) < 4.78 is 2.47. The number of para-hydroxylation sites is 2. The third kappa shape index (κ3) is 5.06. The highest BCUT2D eigenvalue weighted by Crippen LogP contribution is 2.42. The van der Waals surface area contributed by atoms with Crippen LogP contribution in [0.3, 0.4) is 0 Å². The molecule has 0 N–H and O–H groups in total. The zero-order chi connectivity index (χ0) is 32.7. The van der Waals surface area contributed by atoms with Crippen LogP contribution in [0.4, 0.5) is 11.4 Å². The molecule has 0 fully saturated rings. The van der Waals surface area contributed by atoms with Crippen LogP contribution in [0.1, 0.15) is 0 Å². The Hall–Kier alpha value is -6.38. The van der Waals surface area contributed by atoms with Gasteiger partial charge in [0.05, 0.1) is 11.0 Å². The molecule has 0 saturated heterocycles. The molecule has 0 spiro atoms. The first-order valence-corrected chi connectivity index (χ1v) is 16.8. The maximum atomic E-state index is 2.47. The van der Waals surface area contributed by atoms with Crippen molar-refractivity contribution >= 4 is 44.0 Å². The van der Waals surface area contributed by atoms with E-state index in [1.807, 2.05) is 0 Å². The predicted molar refractivity (Wildman–Crippen MR) is 209 cm³/mol. The third-order valence-electron chi connectivity index (χ3n) is 9.82. The Balaban J connectivity index is 1.18. The first-order chi connectivity index (χ1) is 24.2. The van der Waals surface area contributed by atoms with E-state index >= 15 is 0 Å². The summed E-state index contributed by atoms with van der Waals surface area (Å²) in [6.07, 6.45) is 0. The first kappa shape index (κ1) is 28.8. The maximum absolute atomic E-state index is 2.47. The SMILES string of the molecule is CN(c1ccccc1)c1ccc(-c2ccc(-c3cccc4c5c6ccccc6ccc5n(-c5cccc(-c6ccccc6)c5)c34)cc2)cc1. The Morgan fingerprint density at radius 3 is 1.76 bits per heavy atom. The first-order valence-electron chi connectivity index (χ1n) is 16.8. The summed E-state index contributed by atoms with van der Waals surface area (Å²) in [5.74, 6) is 0. The monoisotopic (exact) mass is 626 g/mol. The van der Waals surface area contributed by atoms with E-state index in [9.17, 15) is 0 Å². The van der Waals surface area contributed by atoms with Crippen LogP contribution in [0.2, 0.25) is 0 Å². The molecule has 232 valence electrons. The highest BCUT2D eigenvalue weighted by molar-refractivity contribution is 6.23. The van der Waals surface area contributed by atoms with Gasteiger partial charge in [0.2, 0.25) is 0 Å². The second-order valence-electron chi connectivity index (χ2n) is 12.7. The minimum Gasteiger partial charge on any atom is -0.345 e. The van der Waals surface area contributed by atoms with Gasteiger partial charge in [0.15, 0.2) is 0 Å². The van der Waals surface area contributed by atoms with Crippen molar-refractivity contribution < 1.29 is 0 Å². The molecule has 0 radical (unpaired) electrons. The van der Waals surface area contributed by atoms with Crippen molar-refractivity contribution in [3.63, 3.8) is 0 Å². The fourth-order valence-electron chi connectivity index (χ4n) is 7.31. The van der Waals surface area contributed by atoms with E-state index in [-0.39, 0.29) is 0 Å². The summed E-state index contributed by atoms with van der Waals surface area (Å²) in [6.45, 7) is 0. The summed E-state index contributed by atoms with van der Waals surface area (Å²) >= 11 is 0. The van der Waals surface area contributed by atoms with Gasteiger partial charge in [0, 0.05) is 40.4 Å². The molecule has 0 aliphatic heterocycles. The summed E-state index contributed by atoms with van der Waals surface area (Å²) in [6, 6.07) is 68.0. The normalized spacial score (nSPS) is 11.4. The fourth-order valence-corrected chi connectivity index (χ4v) is 7.31. The minimum absolute atomic E-state index is 1.15. The molecule has 49 heavy (non-hydrogen) atoms. The zero-order valence-electron chi connectivity index (χ0n) is 27.3. The lowest BCUT2D eigenvalue weighted by atomic mass is 9.97. The van der Waals surface area contributed by atoms with Gasteiger partial charge in [0.1, 0.15) is 0 Å². The molecule has 2 heteroatoms. The predicted octanol–water partition coefficient (Wildman–Crippen LogP) is 12.7. The van der Waals surface area contributed by atoms with Crippen molar-refractivity contribution in [2.24, 2.45) is 0 Å². The molecule has 1 heterocycles. The Labute approximate surface area is 286 Å². The van der Waals surface area contributed by atoms with Crippen molar-refractivity contribution in [2.75, 3.05) is 11.9 Å². The average molecular weight is 627 g/mol. The maximum Gasteiger partial charge on any atom is 0.0619 e. The lowest BCUT2D eigenvalue weighted by molar-refractivity contribution is 1.18. The number of hydrogen-bond acceptors (Lipinski definition) is 1. The van der Waals surface area contributed by atoms with Gasteiger partial charge in [0.25, 0.3) is 0 Å². The van der Waals surface area contributed by atoms with Crippen LogP contribution in [0, 0.1) is 0 Å². The molecule has 0 aliphatic rings. The van der Waals surface area contributed by atoms with Gasteiger partial charge in [-0.15, -0.1) is 0 Å². The van der Waals surface area contributed by atoms with Crippen LogP contribution in [-0.4, -0.2) is 11.6 Å². The molecule has 8 aromatic carbocycles. The fraction of sp³-hybridized carbons (Fsp3) is 0.0213. The molecular formula is C47H34N2. The third-order valence-corrected chi connectivity index (χ3v) is 9.82. The number of benzene rings is 8. The van der Waals surface area contributed by atoms with Crippen LogP contribution < -0.4 is 4.90 Å². The lowest BCUT2D eigenvalue weighted by Crippen LogP contribution is -2.08. The van der Waals surface area contributed by atoms with E-state index in [1.54, 1.807) is 0 Å². The number of nitrogens with zero attached hydrogens (tertiary/aromatic N) is 2. The smallest absolute Gasteiger partial charge is 0.0619 e. The summed E-state index contributed by atoms with van der Waals surface area (Å²) in [5, 5.41) is 5.08. The second kappa shape index (κ2) is 12.0. The van der Waals surface area contributed by atoms with Gasteiger partial charge in [-0.3, -0.25) is 0 Å². The van der Waals surface area contributed by atoms with Crippen LogP contribution in [0.5, 0.6) is 0 Å². The zero-order valence-corrected chi connectivity index (χ0v) is 27.3. The molecule has 0 amide bonds. The lowest BCUT2D eigenvalue weighted by Gasteiger charge is -2.19. The molecule has 0 aliphatic carbocycles.